The van der Waals surface area contributed by atoms with E-state index in [2.05, 4.69) is 27.0 Å². The number of aryl methyl sites for hydroxylation is 1. The Kier molecular flexibility index (Phi) is 6.63. The zero-order valence-corrected chi connectivity index (χ0v) is 16.8. The van der Waals surface area contributed by atoms with Crippen molar-refractivity contribution >= 4 is 5.69 Å². The summed E-state index contributed by atoms with van der Waals surface area (Å²) in [4.78, 5) is 4.04. The van der Waals surface area contributed by atoms with Crippen LogP contribution in [0.2, 0.25) is 0 Å². The van der Waals surface area contributed by atoms with Gasteiger partial charge in [0.25, 0.3) is 0 Å². The maximum atomic E-state index is 5.82. The Morgan fingerprint density at radius 1 is 0.800 bits per heavy atom. The van der Waals surface area contributed by atoms with E-state index in [0.29, 0.717) is 6.61 Å². The molecule has 1 aromatic heterocycles. The van der Waals surface area contributed by atoms with Crippen molar-refractivity contribution in [1.29, 1.82) is 0 Å². The highest BCUT2D eigenvalue weighted by atomic mass is 16.5. The van der Waals surface area contributed by atoms with E-state index in [-0.39, 0.29) is 0 Å². The Morgan fingerprint density at radius 2 is 1.53 bits per heavy atom. The van der Waals surface area contributed by atoms with Gasteiger partial charge in [-0.05, 0) is 60.5 Å². The Bertz CT molecular complexity index is 999. The number of para-hydroxylation sites is 1. The minimum absolute atomic E-state index is 0.688. The fraction of sp³-hybridized carbons (Fsp3) is 0.160. The molecule has 3 aromatic carbocycles. The first-order valence-corrected chi connectivity index (χ1v) is 10.1. The number of hydrogen-bond donors (Lipinski definition) is 1. The second kappa shape index (κ2) is 10.2. The predicted molar refractivity (Wildman–Crippen MR) is 119 cm³/mol. The lowest BCUT2D eigenvalue weighted by Crippen LogP contribution is -2.03. The summed E-state index contributed by atoms with van der Waals surface area (Å²) in [6.45, 7) is 2.35. The van der Waals surface area contributed by atoms with Crippen molar-refractivity contribution in [2.45, 2.75) is 19.5 Å². The van der Waals surface area contributed by atoms with E-state index in [4.69, 9.17) is 9.47 Å². The van der Waals surface area contributed by atoms with Gasteiger partial charge < -0.3 is 19.4 Å². The van der Waals surface area contributed by atoms with Crippen LogP contribution in [0.1, 0.15) is 12.0 Å². The molecule has 4 aromatic rings. The van der Waals surface area contributed by atoms with Gasteiger partial charge in [-0.3, -0.25) is 0 Å². The van der Waals surface area contributed by atoms with E-state index in [1.807, 2.05) is 79.3 Å². The quantitative estimate of drug-likeness (QED) is 0.345. The van der Waals surface area contributed by atoms with E-state index in [1.165, 1.54) is 5.56 Å². The van der Waals surface area contributed by atoms with Crippen molar-refractivity contribution in [3.63, 3.8) is 0 Å². The van der Waals surface area contributed by atoms with Crippen LogP contribution in [0, 0.1) is 0 Å². The van der Waals surface area contributed by atoms with Crippen LogP contribution in [0.3, 0.4) is 0 Å². The van der Waals surface area contributed by atoms with Crippen molar-refractivity contribution in [2.24, 2.45) is 0 Å². The molecular weight excluding hydrogens is 374 g/mol. The second-order valence-electron chi connectivity index (χ2n) is 6.94. The third-order valence-electron chi connectivity index (χ3n) is 4.64. The summed E-state index contributed by atoms with van der Waals surface area (Å²) >= 11 is 0. The van der Waals surface area contributed by atoms with Crippen LogP contribution in [0.4, 0.5) is 5.69 Å². The molecule has 30 heavy (non-hydrogen) atoms. The Morgan fingerprint density at radius 3 is 2.27 bits per heavy atom. The van der Waals surface area contributed by atoms with Crippen molar-refractivity contribution in [3.8, 4) is 17.2 Å². The van der Waals surface area contributed by atoms with Crippen LogP contribution in [0.25, 0.3) is 0 Å². The highest BCUT2D eigenvalue weighted by molar-refractivity contribution is 5.47. The van der Waals surface area contributed by atoms with Crippen molar-refractivity contribution in [3.05, 3.63) is 103 Å². The largest absolute Gasteiger partial charge is 0.494 e. The summed E-state index contributed by atoms with van der Waals surface area (Å²) in [6, 6.07) is 26.0. The Labute approximate surface area is 176 Å². The summed E-state index contributed by atoms with van der Waals surface area (Å²) in [5.41, 5.74) is 2.25. The molecule has 0 fully saturated rings. The van der Waals surface area contributed by atoms with Crippen LogP contribution in [0.5, 0.6) is 17.2 Å². The summed E-state index contributed by atoms with van der Waals surface area (Å²) in [7, 11) is 0. The average Bonchev–Trinajstić information content (AvgIpc) is 3.31. The second-order valence-corrected chi connectivity index (χ2v) is 6.94. The van der Waals surface area contributed by atoms with Gasteiger partial charge in [0.1, 0.15) is 17.2 Å². The number of rotatable bonds is 10. The standard InChI is InChI=1S/C25H25N3O2/c1-2-5-24(6-3-1)30-25-13-9-22(10-14-25)27-19-21-7-11-23(12-8-21)29-18-4-16-28-17-15-26-20-28/h1-3,5-15,17,20,27H,4,16,18-19H2. The molecule has 0 bridgehead atoms. The Balaban J connectivity index is 1.20. The number of benzene rings is 3. The minimum Gasteiger partial charge on any atom is -0.494 e. The SMILES string of the molecule is c1ccc(Oc2ccc(NCc3ccc(OCCCn4ccnc4)cc3)cc2)cc1. The number of nitrogens with one attached hydrogen (secondary N) is 1. The third kappa shape index (κ3) is 5.88. The lowest BCUT2D eigenvalue weighted by atomic mass is 10.2. The molecule has 1 N–H and O–H groups in total. The predicted octanol–water partition coefficient (Wildman–Crippen LogP) is 5.76. The molecule has 0 amide bonds. The molecule has 0 saturated heterocycles. The lowest BCUT2D eigenvalue weighted by molar-refractivity contribution is 0.301. The van der Waals surface area contributed by atoms with Crippen LogP contribution >= 0.6 is 0 Å². The highest BCUT2D eigenvalue weighted by Gasteiger charge is 2.00. The van der Waals surface area contributed by atoms with Gasteiger partial charge in [0.2, 0.25) is 0 Å². The van der Waals surface area contributed by atoms with E-state index in [9.17, 15) is 0 Å². The molecule has 152 valence electrons. The molecule has 5 heteroatoms. The summed E-state index contributed by atoms with van der Waals surface area (Å²) < 4.78 is 13.7. The van der Waals surface area contributed by atoms with Gasteiger partial charge in [-0.25, -0.2) is 4.98 Å². The van der Waals surface area contributed by atoms with Crippen LogP contribution in [0.15, 0.2) is 97.6 Å². The summed E-state index contributed by atoms with van der Waals surface area (Å²) in [6.07, 6.45) is 6.53. The first kappa shape index (κ1) is 19.6. The normalized spacial score (nSPS) is 10.5. The Hall–Kier alpha value is -3.73. The molecule has 0 atom stereocenters. The number of aromatic nitrogens is 2. The maximum Gasteiger partial charge on any atom is 0.127 e. The van der Waals surface area contributed by atoms with Gasteiger partial charge in [0, 0.05) is 31.2 Å². The molecule has 0 spiro atoms. The number of imidazole rings is 1. The zero-order chi connectivity index (χ0) is 20.4. The molecule has 0 aliphatic carbocycles. The van der Waals surface area contributed by atoms with E-state index >= 15 is 0 Å². The molecule has 0 saturated carbocycles. The molecule has 0 aliphatic heterocycles. The summed E-state index contributed by atoms with van der Waals surface area (Å²) in [5.74, 6) is 2.55. The number of ether oxygens (including phenoxy) is 2. The smallest absolute Gasteiger partial charge is 0.127 e. The zero-order valence-electron chi connectivity index (χ0n) is 16.8. The number of hydrogen-bond acceptors (Lipinski definition) is 4. The average molecular weight is 399 g/mol. The highest BCUT2D eigenvalue weighted by Crippen LogP contribution is 2.23. The summed E-state index contributed by atoms with van der Waals surface area (Å²) in [5, 5.41) is 3.43. The van der Waals surface area contributed by atoms with E-state index in [0.717, 1.165) is 42.4 Å². The fourth-order valence-corrected chi connectivity index (χ4v) is 3.03. The van der Waals surface area contributed by atoms with Gasteiger partial charge in [0.15, 0.2) is 0 Å². The number of anilines is 1. The minimum atomic E-state index is 0.688. The monoisotopic (exact) mass is 399 g/mol. The van der Waals surface area contributed by atoms with Gasteiger partial charge in [-0.2, -0.15) is 0 Å². The fourth-order valence-electron chi connectivity index (χ4n) is 3.03. The molecule has 1 heterocycles. The van der Waals surface area contributed by atoms with Gasteiger partial charge in [0.05, 0.1) is 12.9 Å². The maximum absolute atomic E-state index is 5.82. The van der Waals surface area contributed by atoms with E-state index < -0.39 is 0 Å². The third-order valence-corrected chi connectivity index (χ3v) is 4.64. The molecule has 0 unspecified atom stereocenters. The van der Waals surface area contributed by atoms with Gasteiger partial charge in [-0.1, -0.05) is 30.3 Å². The van der Waals surface area contributed by atoms with Crippen LogP contribution in [-0.4, -0.2) is 16.2 Å². The lowest BCUT2D eigenvalue weighted by Gasteiger charge is -2.10. The van der Waals surface area contributed by atoms with Crippen molar-refractivity contribution in [2.75, 3.05) is 11.9 Å². The molecule has 0 radical (unpaired) electrons. The van der Waals surface area contributed by atoms with Crippen LogP contribution in [-0.2, 0) is 13.1 Å². The molecule has 0 aliphatic rings. The topological polar surface area (TPSA) is 48.3 Å². The first-order valence-electron chi connectivity index (χ1n) is 10.1. The number of nitrogens with zero attached hydrogens (tertiary/aromatic N) is 2. The van der Waals surface area contributed by atoms with Gasteiger partial charge >= 0.3 is 0 Å². The van der Waals surface area contributed by atoms with Crippen molar-refractivity contribution < 1.29 is 9.47 Å². The molecule has 5 nitrogen and oxygen atoms in total. The first-order chi connectivity index (χ1) is 14.8. The van der Waals surface area contributed by atoms with E-state index in [1.54, 1.807) is 6.20 Å². The molecular formula is C25H25N3O2. The van der Waals surface area contributed by atoms with Crippen LogP contribution < -0.4 is 14.8 Å². The molecule has 4 rings (SSSR count). The van der Waals surface area contributed by atoms with Gasteiger partial charge in [-0.15, -0.1) is 0 Å². The van der Waals surface area contributed by atoms with Crippen molar-refractivity contribution in [1.82, 2.24) is 9.55 Å².